The number of carbonyl (C=O) groups is 1. The highest BCUT2D eigenvalue weighted by atomic mass is 35.5. The molecule has 0 saturated heterocycles. The van der Waals surface area contributed by atoms with Crippen LogP contribution in [0.4, 0.5) is 0 Å². The van der Waals surface area contributed by atoms with Crippen LogP contribution in [0.5, 0.6) is 0 Å². The maximum atomic E-state index is 13.4. The minimum atomic E-state index is -0.791. The Balaban J connectivity index is 1.38. The van der Waals surface area contributed by atoms with E-state index in [4.69, 9.17) is 16.7 Å². The van der Waals surface area contributed by atoms with Crippen molar-refractivity contribution < 1.29 is 9.90 Å². The van der Waals surface area contributed by atoms with Crippen molar-refractivity contribution in [2.24, 2.45) is 34.0 Å². The first-order valence-corrected chi connectivity index (χ1v) is 14.8. The summed E-state index contributed by atoms with van der Waals surface area (Å²) in [6, 6.07) is 0. The number of allylic oxidation sites excluding steroid dienone is 1. The Morgan fingerprint density at radius 1 is 1.18 bits per heavy atom. The Morgan fingerprint density at radius 3 is 2.55 bits per heavy atom. The Hall–Kier alpha value is -2.05. The fraction of sp³-hybridized carbons (Fsp3) is 0.677. The summed E-state index contributed by atoms with van der Waals surface area (Å²) in [6.07, 6.45) is 12.9. The van der Waals surface area contributed by atoms with E-state index in [0.717, 1.165) is 48.9 Å². The van der Waals surface area contributed by atoms with Crippen LogP contribution in [-0.2, 0) is 17.6 Å². The van der Waals surface area contributed by atoms with Crippen molar-refractivity contribution in [2.75, 3.05) is 0 Å². The zero-order valence-corrected chi connectivity index (χ0v) is 24.3. The fourth-order valence-corrected chi connectivity index (χ4v) is 9.85. The van der Waals surface area contributed by atoms with Crippen molar-refractivity contribution in [3.8, 4) is 5.95 Å². The van der Waals surface area contributed by atoms with E-state index in [2.05, 4.69) is 50.7 Å². The van der Waals surface area contributed by atoms with Crippen LogP contribution in [0.1, 0.15) is 90.5 Å². The van der Waals surface area contributed by atoms with Gasteiger partial charge < -0.3 is 5.11 Å². The van der Waals surface area contributed by atoms with Crippen LogP contribution in [0.2, 0.25) is 0 Å². The number of ketones is 1. The molecule has 0 amide bonds. The number of rotatable bonds is 4. The average Bonchev–Trinajstić information content (AvgIpc) is 3.39. The van der Waals surface area contributed by atoms with Crippen LogP contribution in [-0.4, -0.2) is 41.6 Å². The van der Waals surface area contributed by atoms with Crippen LogP contribution in [0, 0.1) is 34.0 Å². The summed E-state index contributed by atoms with van der Waals surface area (Å²) in [5, 5.41) is 16.9. The Bertz CT molecular complexity index is 1320. The highest BCUT2D eigenvalue weighted by molar-refractivity contribution is 6.26. The quantitative estimate of drug-likeness (QED) is 0.487. The van der Waals surface area contributed by atoms with Crippen molar-refractivity contribution in [1.82, 2.24) is 19.7 Å². The molecule has 0 aliphatic heterocycles. The maximum Gasteiger partial charge on any atom is 0.250 e. The molecule has 1 N–H and O–H groups in total. The molecule has 6 rings (SSSR count). The molecular weight excluding hydrogens is 496 g/mol. The highest BCUT2D eigenvalue weighted by Crippen LogP contribution is 2.74. The van der Waals surface area contributed by atoms with Gasteiger partial charge in [0.1, 0.15) is 5.78 Å². The lowest BCUT2D eigenvalue weighted by Crippen LogP contribution is -2.68. The summed E-state index contributed by atoms with van der Waals surface area (Å²) in [5.41, 5.74) is 3.35. The predicted octanol–water partition coefficient (Wildman–Crippen LogP) is 5.97. The first kappa shape index (κ1) is 26.2. The molecule has 4 aliphatic rings. The monoisotopic (exact) mass is 536 g/mol. The molecule has 6 nitrogen and oxygen atoms in total. The van der Waals surface area contributed by atoms with Gasteiger partial charge in [-0.15, -0.1) is 11.6 Å². The second-order valence-corrected chi connectivity index (χ2v) is 13.8. The van der Waals surface area contributed by atoms with Gasteiger partial charge in [0, 0.05) is 35.8 Å². The van der Waals surface area contributed by atoms with Crippen molar-refractivity contribution in [3.05, 3.63) is 41.0 Å². The van der Waals surface area contributed by atoms with Gasteiger partial charge in [0.2, 0.25) is 5.95 Å². The number of hydrogen-bond acceptors (Lipinski definition) is 5. The lowest BCUT2D eigenvalue weighted by Gasteiger charge is -2.65. The number of fused-ring (bicyclic) bond motifs is 6. The van der Waals surface area contributed by atoms with Gasteiger partial charge >= 0.3 is 0 Å². The molecule has 2 heterocycles. The number of carbonyl (C=O) groups excluding carboxylic acids is 1. The van der Waals surface area contributed by atoms with Crippen LogP contribution >= 0.6 is 11.6 Å². The maximum absolute atomic E-state index is 13.4. The summed E-state index contributed by atoms with van der Waals surface area (Å²) >= 11 is 7.82. The summed E-state index contributed by atoms with van der Waals surface area (Å²) in [5.74, 6) is 1.63. The van der Waals surface area contributed by atoms with Crippen molar-refractivity contribution in [2.45, 2.75) is 97.5 Å². The van der Waals surface area contributed by atoms with Gasteiger partial charge in [0.15, 0.2) is 0 Å². The molecule has 0 radical (unpaired) electrons. The lowest BCUT2D eigenvalue weighted by atomic mass is 9.43. The van der Waals surface area contributed by atoms with Gasteiger partial charge in [-0.2, -0.15) is 5.10 Å². The molecule has 3 fully saturated rings. The number of Topliss-reactive ketones (excluding diaryl/α,β-unsaturated/α-hetero) is 1. The highest BCUT2D eigenvalue weighted by Gasteiger charge is 2.73. The molecule has 204 valence electrons. The van der Waals surface area contributed by atoms with Crippen molar-refractivity contribution in [1.29, 1.82) is 0 Å². The van der Waals surface area contributed by atoms with Crippen LogP contribution in [0.25, 0.3) is 12.0 Å². The molecule has 0 spiro atoms. The van der Waals surface area contributed by atoms with Gasteiger partial charge in [-0.1, -0.05) is 47.1 Å². The SMILES string of the molecule is CCC(=O)[C@@]1(C)[C@@H](C)C[C@H]2[C@@H]3CCC4=Cc5nn(-c6ncc(CC)cn6)cc5C[C@]4(C)[C@@]3(Cl)[C@@H](O)C[C@@]21C. The Morgan fingerprint density at radius 2 is 1.89 bits per heavy atom. The number of aliphatic hydroxyl groups excluding tert-OH is 1. The topological polar surface area (TPSA) is 80.9 Å². The van der Waals surface area contributed by atoms with E-state index in [1.807, 2.05) is 25.5 Å². The van der Waals surface area contributed by atoms with Gasteiger partial charge in [0.25, 0.3) is 0 Å². The molecule has 38 heavy (non-hydrogen) atoms. The van der Waals surface area contributed by atoms with Gasteiger partial charge in [0.05, 0.1) is 16.7 Å². The molecule has 8 atom stereocenters. The number of nitrogens with zero attached hydrogens (tertiary/aromatic N) is 4. The van der Waals surface area contributed by atoms with Gasteiger partial charge in [-0.05, 0) is 78.9 Å². The number of aryl methyl sites for hydroxylation is 1. The summed E-state index contributed by atoms with van der Waals surface area (Å²) < 4.78 is 1.77. The molecule has 3 saturated carbocycles. The largest absolute Gasteiger partial charge is 0.391 e. The standard InChI is InChI=1S/C31H41ClN4O2/c1-7-19-15-33-27(34-16-19)36-17-20-13-28(4)21(12-24(20)35-36)9-10-22-23-11-18(3)30(6,25(37)8-2)29(23,5)14-26(38)31(22,28)32/h12,15-18,22-23,26,38H,7-11,13-14H2,1-6H3/t18-,22-,23-,26-,28-,29-,30+,31-/m0/s1. The molecule has 7 heteroatoms. The second-order valence-electron chi connectivity index (χ2n) is 13.2. The predicted molar refractivity (Wildman–Crippen MR) is 149 cm³/mol. The minimum Gasteiger partial charge on any atom is -0.391 e. The molecular formula is C31H41ClN4O2. The smallest absolute Gasteiger partial charge is 0.250 e. The summed E-state index contributed by atoms with van der Waals surface area (Å²) in [4.78, 5) is 21.6. The van der Waals surface area contributed by atoms with E-state index in [1.165, 1.54) is 5.57 Å². The minimum absolute atomic E-state index is 0.149. The van der Waals surface area contributed by atoms with E-state index in [1.54, 1.807) is 4.68 Å². The normalized spacial score (nSPS) is 41.5. The van der Waals surface area contributed by atoms with Crippen LogP contribution in [0.15, 0.2) is 24.2 Å². The first-order chi connectivity index (χ1) is 17.9. The van der Waals surface area contributed by atoms with E-state index < -0.39 is 21.8 Å². The summed E-state index contributed by atoms with van der Waals surface area (Å²) in [7, 11) is 0. The van der Waals surface area contributed by atoms with Gasteiger partial charge in [-0.3, -0.25) is 4.79 Å². The zero-order chi connectivity index (χ0) is 27.3. The third-order valence-electron chi connectivity index (χ3n) is 11.9. The molecule has 0 bridgehead atoms. The third-order valence-corrected chi connectivity index (χ3v) is 12.8. The molecule has 0 unspecified atom stereocenters. The van der Waals surface area contributed by atoms with E-state index in [-0.39, 0.29) is 17.3 Å². The van der Waals surface area contributed by atoms with E-state index in [0.29, 0.717) is 30.5 Å². The number of aromatic nitrogens is 4. The molecule has 2 aromatic rings. The molecule has 0 aromatic carbocycles. The number of halogens is 1. The number of alkyl halides is 1. The van der Waals surface area contributed by atoms with E-state index >= 15 is 0 Å². The lowest BCUT2D eigenvalue weighted by molar-refractivity contribution is -0.153. The van der Waals surface area contributed by atoms with Crippen LogP contribution < -0.4 is 0 Å². The first-order valence-electron chi connectivity index (χ1n) is 14.4. The van der Waals surface area contributed by atoms with Gasteiger partial charge in [-0.25, -0.2) is 14.6 Å². The van der Waals surface area contributed by atoms with Crippen molar-refractivity contribution in [3.63, 3.8) is 0 Å². The number of aliphatic hydroxyl groups is 1. The van der Waals surface area contributed by atoms with Crippen LogP contribution in [0.3, 0.4) is 0 Å². The Kier molecular flexibility index (Phi) is 5.84. The van der Waals surface area contributed by atoms with Crippen molar-refractivity contribution >= 4 is 23.5 Å². The zero-order valence-electron chi connectivity index (χ0n) is 23.6. The van der Waals surface area contributed by atoms with E-state index in [9.17, 15) is 9.90 Å². The molecule has 2 aromatic heterocycles. The fourth-order valence-electron chi connectivity index (χ4n) is 9.33. The third kappa shape index (κ3) is 3.11. The number of hydrogen-bond donors (Lipinski definition) is 1. The Labute approximate surface area is 231 Å². The molecule has 4 aliphatic carbocycles. The average molecular weight is 537 g/mol. The second kappa shape index (κ2) is 8.47. The summed E-state index contributed by atoms with van der Waals surface area (Å²) in [6.45, 7) is 13.0.